The predicted octanol–water partition coefficient (Wildman–Crippen LogP) is 3.47. The number of rotatable bonds is 8. The molecular formula is C27H30N2O6. The summed E-state index contributed by atoms with van der Waals surface area (Å²) in [5.41, 5.74) is 1.41. The molecule has 0 radical (unpaired) electrons. The van der Waals surface area contributed by atoms with Gasteiger partial charge in [-0.25, -0.2) is 0 Å². The van der Waals surface area contributed by atoms with Crippen LogP contribution < -0.4 is 14.9 Å². The summed E-state index contributed by atoms with van der Waals surface area (Å²) < 4.78 is 22.7. The van der Waals surface area contributed by atoms with Gasteiger partial charge in [-0.15, -0.1) is 0 Å². The van der Waals surface area contributed by atoms with E-state index in [1.165, 1.54) is 0 Å². The molecule has 35 heavy (non-hydrogen) atoms. The third-order valence-electron chi connectivity index (χ3n) is 6.65. The van der Waals surface area contributed by atoms with Crippen molar-refractivity contribution in [1.29, 1.82) is 0 Å². The Bertz CT molecular complexity index is 1280. The summed E-state index contributed by atoms with van der Waals surface area (Å²) in [6, 6.07) is 12.1. The second kappa shape index (κ2) is 10.1. The van der Waals surface area contributed by atoms with E-state index in [1.807, 2.05) is 25.1 Å². The van der Waals surface area contributed by atoms with Crippen molar-refractivity contribution in [3.63, 3.8) is 0 Å². The number of benzene rings is 2. The van der Waals surface area contributed by atoms with Gasteiger partial charge in [-0.1, -0.05) is 18.2 Å². The van der Waals surface area contributed by atoms with Crippen molar-refractivity contribution in [3.8, 4) is 11.5 Å². The van der Waals surface area contributed by atoms with Gasteiger partial charge in [-0.3, -0.25) is 14.5 Å². The smallest absolute Gasteiger partial charge is 0.290 e. The number of methoxy groups -OCH3 is 1. The summed E-state index contributed by atoms with van der Waals surface area (Å²) in [7, 11) is 1.58. The van der Waals surface area contributed by atoms with Crippen molar-refractivity contribution in [1.82, 2.24) is 9.80 Å². The van der Waals surface area contributed by atoms with Gasteiger partial charge >= 0.3 is 0 Å². The summed E-state index contributed by atoms with van der Waals surface area (Å²) in [5.74, 6) is 1.04. The number of hydrogen-bond donors (Lipinski definition) is 0. The lowest BCUT2D eigenvalue weighted by Gasteiger charge is -2.29. The van der Waals surface area contributed by atoms with Gasteiger partial charge in [0.25, 0.3) is 5.91 Å². The third kappa shape index (κ3) is 4.39. The van der Waals surface area contributed by atoms with E-state index in [2.05, 4.69) is 4.90 Å². The van der Waals surface area contributed by atoms with Crippen LogP contribution in [0.15, 0.2) is 51.7 Å². The van der Waals surface area contributed by atoms with Gasteiger partial charge in [0, 0.05) is 26.2 Å². The van der Waals surface area contributed by atoms with Crippen LogP contribution in [0.1, 0.15) is 41.1 Å². The molecule has 0 saturated carbocycles. The van der Waals surface area contributed by atoms with Gasteiger partial charge in [0.2, 0.25) is 5.76 Å². The molecule has 1 fully saturated rings. The topological polar surface area (TPSA) is 81.5 Å². The van der Waals surface area contributed by atoms with E-state index in [0.717, 1.165) is 44.8 Å². The number of para-hydroxylation sites is 1. The molecule has 184 valence electrons. The third-order valence-corrected chi connectivity index (χ3v) is 6.65. The standard InChI is InChI=1S/C27H30N2O6/c1-3-34-21-10-9-18(17-22(21)32-2)24-23-25(30)19-7-4-5-8-20(19)35-26(23)27(31)29(24)12-6-11-28-13-15-33-16-14-28/h4-5,7-10,17,24H,3,6,11-16H2,1-2H3/t24-/m0/s1. The van der Waals surface area contributed by atoms with E-state index in [4.69, 9.17) is 18.6 Å². The largest absolute Gasteiger partial charge is 0.493 e. The number of fused-ring (bicyclic) bond motifs is 2. The second-order valence-electron chi connectivity index (χ2n) is 8.72. The second-order valence-corrected chi connectivity index (χ2v) is 8.72. The molecule has 1 atom stereocenters. The predicted molar refractivity (Wildman–Crippen MR) is 131 cm³/mol. The van der Waals surface area contributed by atoms with Gasteiger partial charge in [0.1, 0.15) is 5.58 Å². The number of nitrogens with zero attached hydrogens (tertiary/aromatic N) is 2. The molecule has 0 spiro atoms. The molecule has 2 aromatic carbocycles. The highest BCUT2D eigenvalue weighted by molar-refractivity contribution is 5.99. The summed E-state index contributed by atoms with van der Waals surface area (Å²) in [6.45, 7) is 7.00. The quantitative estimate of drug-likeness (QED) is 0.490. The fourth-order valence-electron chi connectivity index (χ4n) is 4.96. The van der Waals surface area contributed by atoms with E-state index >= 15 is 0 Å². The molecule has 0 unspecified atom stereocenters. The van der Waals surface area contributed by atoms with E-state index in [1.54, 1.807) is 36.3 Å². The number of ether oxygens (including phenoxy) is 3. The Morgan fingerprint density at radius 1 is 1.03 bits per heavy atom. The Hall–Kier alpha value is -3.36. The van der Waals surface area contributed by atoms with Crippen LogP contribution >= 0.6 is 0 Å². The number of morpholine rings is 1. The highest BCUT2D eigenvalue weighted by Gasteiger charge is 2.42. The lowest BCUT2D eigenvalue weighted by Crippen LogP contribution is -2.38. The Morgan fingerprint density at radius 2 is 1.83 bits per heavy atom. The van der Waals surface area contributed by atoms with Crippen molar-refractivity contribution in [3.05, 3.63) is 69.6 Å². The van der Waals surface area contributed by atoms with E-state index in [0.29, 0.717) is 41.2 Å². The zero-order valence-corrected chi connectivity index (χ0v) is 20.1. The molecule has 1 saturated heterocycles. The van der Waals surface area contributed by atoms with Crippen molar-refractivity contribution < 1.29 is 23.4 Å². The Kier molecular flexibility index (Phi) is 6.74. The molecule has 2 aliphatic heterocycles. The highest BCUT2D eigenvalue weighted by Crippen LogP contribution is 2.41. The highest BCUT2D eigenvalue weighted by atomic mass is 16.5. The molecule has 0 aliphatic carbocycles. The van der Waals surface area contributed by atoms with Gasteiger partial charge < -0.3 is 23.5 Å². The molecular weight excluding hydrogens is 448 g/mol. The monoisotopic (exact) mass is 478 g/mol. The average Bonchev–Trinajstić information content (AvgIpc) is 3.17. The zero-order valence-electron chi connectivity index (χ0n) is 20.1. The van der Waals surface area contributed by atoms with Crippen molar-refractivity contribution >= 4 is 16.9 Å². The fourth-order valence-corrected chi connectivity index (χ4v) is 4.96. The Labute approximate surface area is 204 Å². The van der Waals surface area contributed by atoms with Gasteiger partial charge in [-0.05, 0) is 43.2 Å². The molecule has 8 nitrogen and oxygen atoms in total. The van der Waals surface area contributed by atoms with Crippen LogP contribution in [0.25, 0.3) is 11.0 Å². The molecule has 5 rings (SSSR count). The summed E-state index contributed by atoms with van der Waals surface area (Å²) in [5, 5.41) is 0.470. The molecule has 3 heterocycles. The first-order valence-electron chi connectivity index (χ1n) is 12.1. The number of hydrogen-bond acceptors (Lipinski definition) is 7. The van der Waals surface area contributed by atoms with Crippen LogP contribution in [-0.4, -0.2) is 68.8 Å². The van der Waals surface area contributed by atoms with Gasteiger partial charge in [0.05, 0.1) is 43.9 Å². The van der Waals surface area contributed by atoms with Crippen molar-refractivity contribution in [2.75, 3.05) is 53.1 Å². The number of amides is 1. The SMILES string of the molecule is CCOc1ccc([C@H]2c3c(oc4ccccc4c3=O)C(=O)N2CCCN2CCOCC2)cc1OC. The first-order chi connectivity index (χ1) is 17.1. The molecule has 1 amide bonds. The van der Waals surface area contributed by atoms with Crippen LogP contribution in [0.5, 0.6) is 11.5 Å². The lowest BCUT2D eigenvalue weighted by molar-refractivity contribution is 0.0353. The normalized spacial score (nSPS) is 18.2. The average molecular weight is 479 g/mol. The molecule has 0 bridgehead atoms. The van der Waals surface area contributed by atoms with Gasteiger partial charge in [0.15, 0.2) is 16.9 Å². The number of carbonyl (C=O) groups is 1. The first-order valence-corrected chi connectivity index (χ1v) is 12.1. The number of carbonyl (C=O) groups excluding carboxylic acids is 1. The van der Waals surface area contributed by atoms with Crippen LogP contribution in [0, 0.1) is 0 Å². The molecule has 8 heteroatoms. The molecule has 0 N–H and O–H groups in total. The maximum atomic E-state index is 13.6. The minimum Gasteiger partial charge on any atom is -0.493 e. The summed E-state index contributed by atoms with van der Waals surface area (Å²) >= 11 is 0. The van der Waals surface area contributed by atoms with Crippen molar-refractivity contribution in [2.24, 2.45) is 0 Å². The van der Waals surface area contributed by atoms with E-state index in [-0.39, 0.29) is 17.1 Å². The van der Waals surface area contributed by atoms with Crippen molar-refractivity contribution in [2.45, 2.75) is 19.4 Å². The summed E-state index contributed by atoms with van der Waals surface area (Å²) in [4.78, 5) is 31.3. The molecule has 1 aromatic heterocycles. The maximum Gasteiger partial charge on any atom is 0.290 e. The van der Waals surface area contributed by atoms with Gasteiger partial charge in [-0.2, -0.15) is 0 Å². The van der Waals surface area contributed by atoms with Crippen LogP contribution in [-0.2, 0) is 4.74 Å². The fraction of sp³-hybridized carbons (Fsp3) is 0.407. The zero-order chi connectivity index (χ0) is 24.4. The first kappa shape index (κ1) is 23.4. The molecule has 3 aromatic rings. The Morgan fingerprint density at radius 3 is 2.60 bits per heavy atom. The van der Waals surface area contributed by atoms with Crippen LogP contribution in [0.4, 0.5) is 0 Å². The molecule has 2 aliphatic rings. The lowest BCUT2D eigenvalue weighted by atomic mass is 9.98. The van der Waals surface area contributed by atoms with E-state index < -0.39 is 6.04 Å². The minimum absolute atomic E-state index is 0.123. The minimum atomic E-state index is -0.562. The van der Waals surface area contributed by atoms with Crippen LogP contribution in [0.2, 0.25) is 0 Å². The van der Waals surface area contributed by atoms with Crippen LogP contribution in [0.3, 0.4) is 0 Å². The Balaban J connectivity index is 1.54. The summed E-state index contributed by atoms with van der Waals surface area (Å²) in [6.07, 6.45) is 0.776. The van der Waals surface area contributed by atoms with E-state index in [9.17, 15) is 9.59 Å². The maximum absolute atomic E-state index is 13.6.